The standard InChI is InChI=1S/C12H9NO2/c13-8-10-3-1-9(2-4-10)7-11-5-6-12(14)15-11/h1-4,7H,5-6H2. The van der Waals surface area contributed by atoms with E-state index in [1.54, 1.807) is 12.1 Å². The summed E-state index contributed by atoms with van der Waals surface area (Å²) in [7, 11) is 0. The molecule has 3 nitrogen and oxygen atoms in total. The number of hydrogen-bond acceptors (Lipinski definition) is 3. The number of benzene rings is 1. The van der Waals surface area contributed by atoms with Gasteiger partial charge >= 0.3 is 5.97 Å². The van der Waals surface area contributed by atoms with E-state index in [9.17, 15) is 4.79 Å². The van der Waals surface area contributed by atoms with Gasteiger partial charge in [0.25, 0.3) is 0 Å². The first kappa shape index (κ1) is 9.47. The molecule has 0 atom stereocenters. The summed E-state index contributed by atoms with van der Waals surface area (Å²) in [5, 5.41) is 8.61. The molecule has 1 aliphatic heterocycles. The molecular weight excluding hydrogens is 190 g/mol. The number of ether oxygens (including phenoxy) is 1. The van der Waals surface area contributed by atoms with Crippen molar-refractivity contribution >= 4 is 12.0 Å². The van der Waals surface area contributed by atoms with Crippen LogP contribution in [0.15, 0.2) is 30.0 Å². The molecule has 2 rings (SSSR count). The molecule has 1 aliphatic rings. The highest BCUT2D eigenvalue weighted by Crippen LogP contribution is 2.20. The molecule has 0 unspecified atom stereocenters. The van der Waals surface area contributed by atoms with Crippen LogP contribution in [-0.2, 0) is 9.53 Å². The summed E-state index contributed by atoms with van der Waals surface area (Å²) in [6.07, 6.45) is 2.95. The molecule has 0 radical (unpaired) electrons. The minimum atomic E-state index is -0.171. The number of cyclic esters (lactones) is 1. The number of rotatable bonds is 1. The Kier molecular flexibility index (Phi) is 2.51. The van der Waals surface area contributed by atoms with Gasteiger partial charge < -0.3 is 4.74 Å². The Labute approximate surface area is 87.6 Å². The van der Waals surface area contributed by atoms with Gasteiger partial charge in [-0.15, -0.1) is 0 Å². The molecule has 3 heteroatoms. The van der Waals surface area contributed by atoms with Gasteiger partial charge in [0.15, 0.2) is 0 Å². The lowest BCUT2D eigenvalue weighted by Crippen LogP contribution is -1.89. The minimum Gasteiger partial charge on any atom is -0.431 e. The van der Waals surface area contributed by atoms with Crippen molar-refractivity contribution in [2.45, 2.75) is 12.8 Å². The first-order valence-corrected chi connectivity index (χ1v) is 4.69. The van der Waals surface area contributed by atoms with E-state index in [1.165, 1.54) is 0 Å². The molecule has 0 aliphatic carbocycles. The fourth-order valence-corrected chi connectivity index (χ4v) is 1.41. The van der Waals surface area contributed by atoms with Gasteiger partial charge in [-0.05, 0) is 23.8 Å². The zero-order valence-corrected chi connectivity index (χ0v) is 8.06. The average molecular weight is 199 g/mol. The van der Waals surface area contributed by atoms with Crippen LogP contribution < -0.4 is 0 Å². The van der Waals surface area contributed by atoms with Crippen molar-refractivity contribution < 1.29 is 9.53 Å². The molecule has 0 saturated carbocycles. The molecule has 0 bridgehead atoms. The van der Waals surface area contributed by atoms with Crippen LogP contribution in [0.25, 0.3) is 6.08 Å². The number of carbonyl (C=O) groups excluding carboxylic acids is 1. The van der Waals surface area contributed by atoms with Gasteiger partial charge in [0.1, 0.15) is 5.76 Å². The van der Waals surface area contributed by atoms with Crippen LogP contribution in [0.1, 0.15) is 24.0 Å². The predicted octanol–water partition coefficient (Wildman–Crippen LogP) is 2.24. The van der Waals surface area contributed by atoms with Gasteiger partial charge in [0.2, 0.25) is 0 Å². The summed E-state index contributed by atoms with van der Waals surface area (Å²) < 4.78 is 4.98. The molecule has 0 spiro atoms. The third kappa shape index (κ3) is 2.23. The van der Waals surface area contributed by atoms with Gasteiger partial charge in [-0.2, -0.15) is 5.26 Å². The van der Waals surface area contributed by atoms with Crippen molar-refractivity contribution in [3.05, 3.63) is 41.2 Å². The van der Waals surface area contributed by atoms with E-state index in [2.05, 4.69) is 0 Å². The second-order valence-corrected chi connectivity index (χ2v) is 3.32. The van der Waals surface area contributed by atoms with E-state index < -0.39 is 0 Å². The van der Waals surface area contributed by atoms with Crippen molar-refractivity contribution in [1.29, 1.82) is 5.26 Å². The Bertz CT molecular complexity index is 452. The van der Waals surface area contributed by atoms with Gasteiger partial charge in [0, 0.05) is 6.42 Å². The zero-order chi connectivity index (χ0) is 10.7. The SMILES string of the molecule is N#Cc1ccc(C=C2CCC(=O)O2)cc1. The van der Waals surface area contributed by atoms with Crippen LogP contribution in [-0.4, -0.2) is 5.97 Å². The average Bonchev–Trinajstić information content (AvgIpc) is 2.65. The van der Waals surface area contributed by atoms with E-state index in [4.69, 9.17) is 10.00 Å². The molecule has 1 saturated heterocycles. The summed E-state index contributed by atoms with van der Waals surface area (Å²) in [6.45, 7) is 0. The highest BCUT2D eigenvalue weighted by atomic mass is 16.5. The van der Waals surface area contributed by atoms with E-state index in [-0.39, 0.29) is 5.97 Å². The van der Waals surface area contributed by atoms with Gasteiger partial charge in [-0.3, -0.25) is 4.79 Å². The van der Waals surface area contributed by atoms with Crippen LogP contribution >= 0.6 is 0 Å². The fourth-order valence-electron chi connectivity index (χ4n) is 1.41. The summed E-state index contributed by atoms with van der Waals surface area (Å²) in [4.78, 5) is 10.8. The van der Waals surface area contributed by atoms with Gasteiger partial charge in [-0.25, -0.2) is 0 Å². The summed E-state index contributed by atoms with van der Waals surface area (Å²) >= 11 is 0. The van der Waals surface area contributed by atoms with Gasteiger partial charge in [-0.1, -0.05) is 12.1 Å². The molecule has 1 heterocycles. The quantitative estimate of drug-likeness (QED) is 0.651. The van der Waals surface area contributed by atoms with Crippen LogP contribution in [0.2, 0.25) is 0 Å². The van der Waals surface area contributed by atoms with Crippen molar-refractivity contribution in [1.82, 2.24) is 0 Å². The van der Waals surface area contributed by atoms with E-state index >= 15 is 0 Å². The molecule has 0 aromatic heterocycles. The Hall–Kier alpha value is -2.08. The molecule has 1 fully saturated rings. The molecule has 1 aromatic carbocycles. The highest BCUT2D eigenvalue weighted by Gasteiger charge is 2.16. The van der Waals surface area contributed by atoms with Crippen LogP contribution in [0.5, 0.6) is 0 Å². The Morgan fingerprint density at radius 1 is 1.27 bits per heavy atom. The number of hydrogen-bond donors (Lipinski definition) is 0. The molecule has 0 N–H and O–H groups in total. The highest BCUT2D eigenvalue weighted by molar-refractivity contribution is 5.75. The van der Waals surface area contributed by atoms with Crippen LogP contribution in [0, 0.1) is 11.3 Å². The monoisotopic (exact) mass is 199 g/mol. The Balaban J connectivity index is 2.18. The third-order valence-electron chi connectivity index (χ3n) is 2.19. The maximum Gasteiger partial charge on any atom is 0.311 e. The lowest BCUT2D eigenvalue weighted by atomic mass is 10.1. The molecular formula is C12H9NO2. The van der Waals surface area contributed by atoms with Crippen LogP contribution in [0.3, 0.4) is 0 Å². The summed E-state index contributed by atoms with van der Waals surface area (Å²) in [5.74, 6) is 0.527. The molecule has 15 heavy (non-hydrogen) atoms. The van der Waals surface area contributed by atoms with Crippen molar-refractivity contribution in [2.75, 3.05) is 0 Å². The van der Waals surface area contributed by atoms with Crippen LogP contribution in [0.4, 0.5) is 0 Å². The fraction of sp³-hybridized carbons (Fsp3) is 0.167. The smallest absolute Gasteiger partial charge is 0.311 e. The Morgan fingerprint density at radius 3 is 2.53 bits per heavy atom. The largest absolute Gasteiger partial charge is 0.431 e. The normalized spacial score (nSPS) is 17.5. The second-order valence-electron chi connectivity index (χ2n) is 3.32. The Morgan fingerprint density at radius 2 is 2.00 bits per heavy atom. The number of allylic oxidation sites excluding steroid dienone is 1. The maximum atomic E-state index is 10.8. The molecule has 0 amide bonds. The van der Waals surface area contributed by atoms with Crippen molar-refractivity contribution in [2.24, 2.45) is 0 Å². The van der Waals surface area contributed by atoms with E-state index in [0.717, 1.165) is 5.56 Å². The summed E-state index contributed by atoms with van der Waals surface area (Å²) in [5.41, 5.74) is 1.57. The zero-order valence-electron chi connectivity index (χ0n) is 8.06. The maximum absolute atomic E-state index is 10.8. The first-order chi connectivity index (χ1) is 7.28. The lowest BCUT2D eigenvalue weighted by Gasteiger charge is -1.97. The second kappa shape index (κ2) is 3.97. The number of nitrogens with zero attached hydrogens (tertiary/aromatic N) is 1. The van der Waals surface area contributed by atoms with E-state index in [0.29, 0.717) is 24.2 Å². The van der Waals surface area contributed by atoms with Crippen molar-refractivity contribution in [3.8, 4) is 6.07 Å². The lowest BCUT2D eigenvalue weighted by molar-refractivity contribution is -0.135. The van der Waals surface area contributed by atoms with Gasteiger partial charge in [0.05, 0.1) is 18.1 Å². The third-order valence-corrected chi connectivity index (χ3v) is 2.19. The molecule has 1 aromatic rings. The number of nitriles is 1. The topological polar surface area (TPSA) is 50.1 Å². The predicted molar refractivity (Wildman–Crippen MR) is 54.5 cm³/mol. The first-order valence-electron chi connectivity index (χ1n) is 4.69. The summed E-state index contributed by atoms with van der Waals surface area (Å²) in [6, 6.07) is 9.19. The van der Waals surface area contributed by atoms with E-state index in [1.807, 2.05) is 24.3 Å². The number of esters is 1. The number of carbonyl (C=O) groups is 1. The van der Waals surface area contributed by atoms with Crippen molar-refractivity contribution in [3.63, 3.8) is 0 Å². The minimum absolute atomic E-state index is 0.171. The molecule has 74 valence electrons.